The van der Waals surface area contributed by atoms with Crippen LogP contribution in [0, 0.1) is 13.8 Å². The Morgan fingerprint density at radius 3 is 1.50 bits per heavy atom. The van der Waals surface area contributed by atoms with Gasteiger partial charge in [-0.3, -0.25) is 29.0 Å². The highest BCUT2D eigenvalue weighted by Gasteiger charge is 2.41. The van der Waals surface area contributed by atoms with Crippen LogP contribution in [-0.2, 0) is 19.2 Å². The van der Waals surface area contributed by atoms with Gasteiger partial charge in [0.05, 0.1) is 9.81 Å². The minimum atomic E-state index is -0.294. The normalized spacial score (nSPS) is 17.1. The first-order chi connectivity index (χ1) is 20.1. The van der Waals surface area contributed by atoms with E-state index in [4.69, 9.17) is 33.5 Å². The molecule has 4 amide bonds. The molecule has 0 aliphatic carbocycles. The van der Waals surface area contributed by atoms with E-state index in [1.54, 1.807) is 26.0 Å². The number of unbranched alkanes of at least 4 members (excludes halogenated alkanes) is 4. The zero-order valence-electron chi connectivity index (χ0n) is 23.1. The number of carbonyl (C=O) groups is 4. The third-order valence-corrected chi connectivity index (χ3v) is 9.29. The number of nitrogens with zero attached hydrogens (tertiary/aromatic N) is 4. The van der Waals surface area contributed by atoms with Crippen LogP contribution in [0.4, 0.5) is 11.6 Å². The molecule has 42 heavy (non-hydrogen) atoms. The number of aromatic nitrogens is 2. The molecule has 0 unspecified atom stereocenters. The number of rotatable bonds is 14. The van der Waals surface area contributed by atoms with Gasteiger partial charge < -0.3 is 19.7 Å². The smallest absolute Gasteiger partial charge is 0.267 e. The van der Waals surface area contributed by atoms with Crippen LogP contribution in [0.15, 0.2) is 31.0 Å². The number of aryl methyl sites for hydroxylation is 2. The molecule has 0 spiro atoms. The van der Waals surface area contributed by atoms with Crippen molar-refractivity contribution in [2.75, 3.05) is 23.7 Å². The Kier molecular flexibility index (Phi) is 11.3. The van der Waals surface area contributed by atoms with E-state index >= 15 is 0 Å². The van der Waals surface area contributed by atoms with E-state index in [1.165, 1.54) is 9.80 Å². The van der Waals surface area contributed by atoms with Gasteiger partial charge in [0.2, 0.25) is 11.8 Å². The van der Waals surface area contributed by atoms with E-state index in [0.29, 0.717) is 93.2 Å². The Bertz CT molecular complexity index is 1320. The minimum Gasteiger partial charge on any atom is -0.360 e. The molecule has 2 N–H and O–H groups in total. The third kappa shape index (κ3) is 8.49. The van der Waals surface area contributed by atoms with Gasteiger partial charge in [0.1, 0.15) is 20.2 Å². The van der Waals surface area contributed by atoms with Crippen LogP contribution < -0.4 is 10.6 Å². The van der Waals surface area contributed by atoms with Gasteiger partial charge in [-0.15, -0.1) is 0 Å². The Hall–Kier alpha value is -3.08. The van der Waals surface area contributed by atoms with Crippen molar-refractivity contribution in [2.24, 2.45) is 0 Å². The molecular formula is C26H30N6O6S4. The number of anilines is 2. The molecule has 12 nitrogen and oxygen atoms in total. The molecule has 2 aliphatic heterocycles. The van der Waals surface area contributed by atoms with E-state index in [0.717, 1.165) is 36.4 Å². The molecule has 2 aromatic rings. The summed E-state index contributed by atoms with van der Waals surface area (Å²) in [5.74, 6) is 1.11. The van der Waals surface area contributed by atoms with Gasteiger partial charge in [-0.25, -0.2) is 0 Å². The molecule has 2 saturated heterocycles. The second kappa shape index (κ2) is 14.9. The standard InChI is InChI=1S/C26H30N6O6S4/c1-15-13-17(29-37-15)27-19(33)9-5-3-7-11-31-23(35)21(41-25(31)39)22-24(36)32(26(40)42-22)12-8-4-6-10-20(34)28-18-14-16(2)38-30-18/h13-14H,3-12H2,1-2H3,(H,27,29,33)(H,28,30,34)/b22-21+. The molecule has 0 saturated carbocycles. The van der Waals surface area contributed by atoms with Crippen molar-refractivity contribution in [1.29, 1.82) is 0 Å². The number of thioether (sulfide) groups is 2. The molecule has 16 heteroatoms. The molecule has 2 aromatic heterocycles. The van der Waals surface area contributed by atoms with Crippen molar-refractivity contribution in [1.82, 2.24) is 20.1 Å². The summed E-state index contributed by atoms with van der Waals surface area (Å²) in [6.45, 7) is 4.30. The number of hydrogen-bond donors (Lipinski definition) is 2. The Morgan fingerprint density at radius 1 is 0.738 bits per heavy atom. The predicted octanol–water partition coefficient (Wildman–Crippen LogP) is 4.91. The van der Waals surface area contributed by atoms with Crippen LogP contribution in [0.5, 0.6) is 0 Å². The van der Waals surface area contributed by atoms with Crippen LogP contribution in [-0.4, -0.2) is 65.5 Å². The highest BCUT2D eigenvalue weighted by Crippen LogP contribution is 2.42. The Morgan fingerprint density at radius 2 is 1.14 bits per heavy atom. The highest BCUT2D eigenvalue weighted by molar-refractivity contribution is 8.29. The number of hydrogen-bond acceptors (Lipinski definition) is 12. The van der Waals surface area contributed by atoms with Crippen molar-refractivity contribution >= 4 is 91.9 Å². The SMILES string of the molecule is Cc1cc(NC(=O)CCCCCN2C(=O)/C(=C3\SC(=S)N(CCCCCC(=O)Nc4cc(C)on4)C3=O)SC2=S)no1. The van der Waals surface area contributed by atoms with E-state index in [2.05, 4.69) is 20.9 Å². The van der Waals surface area contributed by atoms with Gasteiger partial charge in [0.25, 0.3) is 11.8 Å². The summed E-state index contributed by atoms with van der Waals surface area (Å²) in [6.07, 6.45) is 4.69. The van der Waals surface area contributed by atoms with Gasteiger partial charge in [0.15, 0.2) is 11.6 Å². The maximum Gasteiger partial charge on any atom is 0.267 e. The van der Waals surface area contributed by atoms with Crippen LogP contribution in [0.1, 0.15) is 62.9 Å². The van der Waals surface area contributed by atoms with Gasteiger partial charge in [-0.1, -0.05) is 71.1 Å². The molecule has 224 valence electrons. The molecular weight excluding hydrogens is 621 g/mol. The molecule has 0 aromatic carbocycles. The molecule has 4 rings (SSSR count). The summed E-state index contributed by atoms with van der Waals surface area (Å²) >= 11 is 13.1. The average Bonchev–Trinajstić information content (AvgIpc) is 3.68. The van der Waals surface area contributed by atoms with Gasteiger partial charge in [-0.2, -0.15) is 0 Å². The van der Waals surface area contributed by atoms with Crippen LogP contribution >= 0.6 is 48.0 Å². The van der Waals surface area contributed by atoms with Crippen molar-refractivity contribution in [3.8, 4) is 0 Å². The maximum absolute atomic E-state index is 13.1. The van der Waals surface area contributed by atoms with Crippen molar-refractivity contribution in [2.45, 2.75) is 65.2 Å². The van der Waals surface area contributed by atoms with E-state index in [-0.39, 0.29) is 23.6 Å². The van der Waals surface area contributed by atoms with Crippen molar-refractivity contribution in [3.05, 3.63) is 33.5 Å². The quantitative estimate of drug-likeness (QED) is 0.162. The summed E-state index contributed by atoms with van der Waals surface area (Å²) < 4.78 is 10.7. The molecule has 0 radical (unpaired) electrons. The Balaban J connectivity index is 1.17. The van der Waals surface area contributed by atoms with Crippen molar-refractivity contribution < 1.29 is 28.2 Å². The second-order valence-electron chi connectivity index (χ2n) is 9.67. The van der Waals surface area contributed by atoms with E-state index in [1.807, 2.05) is 0 Å². The lowest BCUT2D eigenvalue weighted by molar-refractivity contribution is -0.124. The van der Waals surface area contributed by atoms with Gasteiger partial charge >= 0.3 is 0 Å². The first-order valence-corrected chi connectivity index (χ1v) is 15.9. The average molecular weight is 651 g/mol. The minimum absolute atomic E-state index is 0.153. The number of carbonyl (C=O) groups excluding carboxylic acids is 4. The van der Waals surface area contributed by atoms with Crippen LogP contribution in [0.2, 0.25) is 0 Å². The van der Waals surface area contributed by atoms with E-state index in [9.17, 15) is 19.2 Å². The summed E-state index contributed by atoms with van der Waals surface area (Å²) in [6, 6.07) is 3.29. The van der Waals surface area contributed by atoms with Crippen LogP contribution in [0.3, 0.4) is 0 Å². The lowest BCUT2D eigenvalue weighted by Gasteiger charge is -2.14. The number of amides is 4. The predicted molar refractivity (Wildman–Crippen MR) is 168 cm³/mol. The topological polar surface area (TPSA) is 151 Å². The monoisotopic (exact) mass is 650 g/mol. The highest BCUT2D eigenvalue weighted by atomic mass is 32.2. The molecule has 2 aliphatic rings. The third-order valence-electron chi connectivity index (χ3n) is 6.27. The van der Waals surface area contributed by atoms with Crippen LogP contribution in [0.25, 0.3) is 0 Å². The fourth-order valence-corrected chi connectivity index (χ4v) is 6.95. The zero-order valence-corrected chi connectivity index (χ0v) is 26.4. The van der Waals surface area contributed by atoms with Gasteiger partial charge in [0, 0.05) is 38.1 Å². The Labute approximate surface area is 261 Å². The summed E-state index contributed by atoms with van der Waals surface area (Å²) in [4.78, 5) is 54.0. The number of thiocarbonyl (C=S) groups is 2. The maximum atomic E-state index is 13.1. The zero-order chi connectivity index (χ0) is 30.2. The van der Waals surface area contributed by atoms with Gasteiger partial charge in [-0.05, 0) is 39.5 Å². The molecule has 0 bridgehead atoms. The van der Waals surface area contributed by atoms with E-state index < -0.39 is 0 Å². The largest absolute Gasteiger partial charge is 0.360 e. The fraction of sp³-hybridized carbons (Fsp3) is 0.462. The number of nitrogens with one attached hydrogen (secondary N) is 2. The lowest BCUT2D eigenvalue weighted by Crippen LogP contribution is -2.31. The molecule has 4 heterocycles. The first kappa shape index (κ1) is 31.8. The summed E-state index contributed by atoms with van der Waals surface area (Å²) in [7, 11) is 0. The fourth-order valence-electron chi connectivity index (χ4n) is 4.18. The molecule has 0 atom stereocenters. The second-order valence-corrected chi connectivity index (χ2v) is 13.0. The molecule has 2 fully saturated rings. The lowest BCUT2D eigenvalue weighted by atomic mass is 10.2. The summed E-state index contributed by atoms with van der Waals surface area (Å²) in [5, 5.41) is 12.8. The first-order valence-electron chi connectivity index (χ1n) is 13.4. The summed E-state index contributed by atoms with van der Waals surface area (Å²) in [5.41, 5.74) is 0. The van der Waals surface area contributed by atoms with Crippen molar-refractivity contribution in [3.63, 3.8) is 0 Å².